The largest absolute Gasteiger partial charge is 0.395 e. The predicted molar refractivity (Wildman–Crippen MR) is 65.0 cm³/mol. The lowest BCUT2D eigenvalue weighted by molar-refractivity contribution is 0.0957. The summed E-state index contributed by atoms with van der Waals surface area (Å²) in [4.78, 5) is 13.2. The Balaban J connectivity index is 2.80. The van der Waals surface area contributed by atoms with Crippen molar-refractivity contribution < 1.29 is 9.90 Å². The molecule has 17 heavy (non-hydrogen) atoms. The number of hydrogen-bond donors (Lipinski definition) is 2. The van der Waals surface area contributed by atoms with Crippen LogP contribution in [-0.4, -0.2) is 48.0 Å². The summed E-state index contributed by atoms with van der Waals surface area (Å²) >= 11 is 0. The van der Waals surface area contributed by atoms with E-state index in [0.29, 0.717) is 12.4 Å². The number of amides is 1. The molecule has 1 aromatic rings. The van der Waals surface area contributed by atoms with E-state index in [2.05, 4.69) is 22.4 Å². The molecule has 0 aliphatic carbocycles. The zero-order chi connectivity index (χ0) is 12.7. The Bertz CT molecular complexity index is 347. The summed E-state index contributed by atoms with van der Waals surface area (Å²) < 4.78 is 0. The molecule has 0 unspecified atom stereocenters. The first-order valence-electron chi connectivity index (χ1n) is 5.64. The fourth-order valence-electron chi connectivity index (χ4n) is 1.47. The van der Waals surface area contributed by atoms with Crippen LogP contribution in [0.15, 0.2) is 12.1 Å². The van der Waals surface area contributed by atoms with Crippen molar-refractivity contribution in [2.24, 2.45) is 0 Å². The standard InChI is InChI=1S/C11H18N4O2/c1-3-6-15(7-8-16)10-5-4-9(13-14-10)11(17)12-2/h4-5,16H,3,6-8H2,1-2H3,(H,12,17). The number of carbonyl (C=O) groups is 1. The Morgan fingerprint density at radius 1 is 1.41 bits per heavy atom. The van der Waals surface area contributed by atoms with Crippen molar-refractivity contribution in [3.05, 3.63) is 17.8 Å². The highest BCUT2D eigenvalue weighted by molar-refractivity contribution is 5.91. The van der Waals surface area contributed by atoms with Gasteiger partial charge in [0, 0.05) is 20.1 Å². The smallest absolute Gasteiger partial charge is 0.271 e. The average Bonchev–Trinajstić information content (AvgIpc) is 2.38. The van der Waals surface area contributed by atoms with Gasteiger partial charge in [0.1, 0.15) is 0 Å². The summed E-state index contributed by atoms with van der Waals surface area (Å²) in [6.45, 7) is 3.44. The number of hydrogen-bond acceptors (Lipinski definition) is 5. The summed E-state index contributed by atoms with van der Waals surface area (Å²) in [5.74, 6) is 0.418. The van der Waals surface area contributed by atoms with Crippen molar-refractivity contribution >= 4 is 11.7 Å². The van der Waals surface area contributed by atoms with Gasteiger partial charge in [-0.1, -0.05) is 6.92 Å². The molecule has 0 aliphatic heterocycles. The van der Waals surface area contributed by atoms with Crippen molar-refractivity contribution in [3.63, 3.8) is 0 Å². The fraction of sp³-hybridized carbons (Fsp3) is 0.545. The molecule has 0 bridgehead atoms. The molecule has 2 N–H and O–H groups in total. The van der Waals surface area contributed by atoms with E-state index in [9.17, 15) is 4.79 Å². The average molecular weight is 238 g/mol. The molecule has 1 rings (SSSR count). The lowest BCUT2D eigenvalue weighted by atomic mass is 10.3. The Hall–Kier alpha value is -1.69. The van der Waals surface area contributed by atoms with E-state index >= 15 is 0 Å². The summed E-state index contributed by atoms with van der Waals surface area (Å²) in [6, 6.07) is 3.37. The Morgan fingerprint density at radius 2 is 2.18 bits per heavy atom. The summed E-state index contributed by atoms with van der Waals surface area (Å²) in [5.41, 5.74) is 0.289. The number of anilines is 1. The second-order valence-electron chi connectivity index (χ2n) is 3.57. The van der Waals surface area contributed by atoms with Crippen LogP contribution in [0.4, 0.5) is 5.82 Å². The molecule has 6 nitrogen and oxygen atoms in total. The first-order chi connectivity index (χ1) is 8.22. The van der Waals surface area contributed by atoms with E-state index in [4.69, 9.17) is 5.11 Å². The molecule has 1 heterocycles. The molecule has 1 aromatic heterocycles. The number of aromatic nitrogens is 2. The summed E-state index contributed by atoms with van der Waals surface area (Å²) in [6.07, 6.45) is 0.957. The molecule has 0 spiro atoms. The molecule has 0 atom stereocenters. The number of aliphatic hydroxyl groups excluding tert-OH is 1. The lowest BCUT2D eigenvalue weighted by Crippen LogP contribution is -2.29. The van der Waals surface area contributed by atoms with Gasteiger partial charge in [-0.15, -0.1) is 10.2 Å². The van der Waals surface area contributed by atoms with Crippen LogP contribution in [-0.2, 0) is 0 Å². The van der Waals surface area contributed by atoms with Gasteiger partial charge in [0.15, 0.2) is 11.5 Å². The van der Waals surface area contributed by atoms with Crippen LogP contribution >= 0.6 is 0 Å². The molecule has 0 saturated carbocycles. The third kappa shape index (κ3) is 3.67. The van der Waals surface area contributed by atoms with Crippen LogP contribution < -0.4 is 10.2 Å². The quantitative estimate of drug-likeness (QED) is 0.732. The molecule has 94 valence electrons. The number of nitrogens with one attached hydrogen (secondary N) is 1. The van der Waals surface area contributed by atoms with Crippen LogP contribution in [0.25, 0.3) is 0 Å². The zero-order valence-corrected chi connectivity index (χ0v) is 10.2. The number of carbonyl (C=O) groups excluding carboxylic acids is 1. The normalized spacial score (nSPS) is 10.1. The molecule has 1 amide bonds. The minimum absolute atomic E-state index is 0.0683. The van der Waals surface area contributed by atoms with E-state index < -0.39 is 0 Å². The van der Waals surface area contributed by atoms with E-state index in [1.54, 1.807) is 19.2 Å². The second kappa shape index (κ2) is 6.80. The maximum Gasteiger partial charge on any atom is 0.271 e. The van der Waals surface area contributed by atoms with Gasteiger partial charge in [0.25, 0.3) is 5.91 Å². The van der Waals surface area contributed by atoms with Gasteiger partial charge in [-0.2, -0.15) is 0 Å². The van der Waals surface area contributed by atoms with Gasteiger partial charge >= 0.3 is 0 Å². The van der Waals surface area contributed by atoms with E-state index in [1.165, 1.54) is 0 Å². The van der Waals surface area contributed by atoms with Crippen LogP contribution in [0.3, 0.4) is 0 Å². The molecule has 0 fully saturated rings. The second-order valence-corrected chi connectivity index (χ2v) is 3.57. The van der Waals surface area contributed by atoms with Crippen LogP contribution in [0.1, 0.15) is 23.8 Å². The highest BCUT2D eigenvalue weighted by Crippen LogP contribution is 2.09. The van der Waals surface area contributed by atoms with Crippen LogP contribution in [0, 0.1) is 0 Å². The number of aliphatic hydroxyl groups is 1. The minimum Gasteiger partial charge on any atom is -0.395 e. The number of nitrogens with zero attached hydrogens (tertiary/aromatic N) is 3. The summed E-state index contributed by atoms with van der Waals surface area (Å²) in [7, 11) is 1.55. The molecular formula is C11H18N4O2. The van der Waals surface area contributed by atoms with Crippen molar-refractivity contribution in [1.82, 2.24) is 15.5 Å². The van der Waals surface area contributed by atoms with Crippen molar-refractivity contribution in [3.8, 4) is 0 Å². The van der Waals surface area contributed by atoms with E-state index in [1.807, 2.05) is 4.90 Å². The zero-order valence-electron chi connectivity index (χ0n) is 10.2. The van der Waals surface area contributed by atoms with Gasteiger partial charge in [-0.3, -0.25) is 4.79 Å². The molecule has 6 heteroatoms. The van der Waals surface area contributed by atoms with Crippen molar-refractivity contribution in [1.29, 1.82) is 0 Å². The molecule has 0 radical (unpaired) electrons. The monoisotopic (exact) mass is 238 g/mol. The molecule has 0 saturated heterocycles. The van der Waals surface area contributed by atoms with Crippen molar-refractivity contribution in [2.75, 3.05) is 31.6 Å². The molecular weight excluding hydrogens is 220 g/mol. The lowest BCUT2D eigenvalue weighted by Gasteiger charge is -2.21. The Morgan fingerprint density at radius 3 is 2.65 bits per heavy atom. The number of rotatable bonds is 6. The van der Waals surface area contributed by atoms with Gasteiger partial charge < -0.3 is 15.3 Å². The maximum atomic E-state index is 11.3. The Labute approximate surface area is 101 Å². The topological polar surface area (TPSA) is 78.4 Å². The SMILES string of the molecule is CCCN(CCO)c1ccc(C(=O)NC)nn1. The van der Waals surface area contributed by atoms with E-state index in [0.717, 1.165) is 13.0 Å². The van der Waals surface area contributed by atoms with Gasteiger partial charge in [-0.05, 0) is 18.6 Å². The van der Waals surface area contributed by atoms with Crippen LogP contribution in [0.5, 0.6) is 0 Å². The third-order valence-corrected chi connectivity index (χ3v) is 2.30. The van der Waals surface area contributed by atoms with E-state index in [-0.39, 0.29) is 18.2 Å². The summed E-state index contributed by atoms with van der Waals surface area (Å²) in [5, 5.41) is 19.3. The van der Waals surface area contributed by atoms with Crippen molar-refractivity contribution in [2.45, 2.75) is 13.3 Å². The van der Waals surface area contributed by atoms with Gasteiger partial charge in [0.2, 0.25) is 0 Å². The van der Waals surface area contributed by atoms with Gasteiger partial charge in [-0.25, -0.2) is 0 Å². The maximum absolute atomic E-state index is 11.3. The van der Waals surface area contributed by atoms with Crippen LogP contribution in [0.2, 0.25) is 0 Å². The molecule has 0 aliphatic rings. The van der Waals surface area contributed by atoms with Gasteiger partial charge in [0.05, 0.1) is 6.61 Å². The first kappa shape index (κ1) is 13.4. The fourth-order valence-corrected chi connectivity index (χ4v) is 1.47. The minimum atomic E-state index is -0.256. The third-order valence-electron chi connectivity index (χ3n) is 2.30. The highest BCUT2D eigenvalue weighted by atomic mass is 16.3. The highest BCUT2D eigenvalue weighted by Gasteiger charge is 2.09. The molecule has 0 aromatic carbocycles. The predicted octanol–water partition coefficient (Wildman–Crippen LogP) is 0.0449. The first-order valence-corrected chi connectivity index (χ1v) is 5.64. The Kier molecular flexibility index (Phi) is 5.35.